The quantitative estimate of drug-likeness (QED) is 0.0945. The van der Waals surface area contributed by atoms with Crippen molar-refractivity contribution in [2.45, 2.75) is 19.3 Å². The minimum atomic E-state index is -0.688. The molecule has 0 spiro atoms. The van der Waals surface area contributed by atoms with Crippen molar-refractivity contribution in [2.75, 3.05) is 29.9 Å². The predicted octanol–water partition coefficient (Wildman–Crippen LogP) is 1.28. The SMILES string of the molecule is Nc1nc(N)c(C(=O)NC(=NCCCCc2ccc(OCC(=O)Nc3ncn[nH]3)cc2)NCl)nc1Cl. The van der Waals surface area contributed by atoms with Crippen LogP contribution in [-0.2, 0) is 11.2 Å². The summed E-state index contributed by atoms with van der Waals surface area (Å²) in [5.41, 5.74) is 12.1. The summed E-state index contributed by atoms with van der Waals surface area (Å²) < 4.78 is 5.46. The second-order valence-electron chi connectivity index (χ2n) is 7.18. The smallest absolute Gasteiger partial charge is 0.280 e. The summed E-state index contributed by atoms with van der Waals surface area (Å²) in [5, 5.41) is 11.0. The van der Waals surface area contributed by atoms with Crippen LogP contribution in [0.15, 0.2) is 35.6 Å². The van der Waals surface area contributed by atoms with Crippen molar-refractivity contribution < 1.29 is 14.3 Å². The Bertz CT molecular complexity index is 1200. The fourth-order valence-electron chi connectivity index (χ4n) is 2.84. The van der Waals surface area contributed by atoms with Gasteiger partial charge in [0.15, 0.2) is 29.1 Å². The zero-order valence-electron chi connectivity index (χ0n) is 18.8. The molecule has 8 N–H and O–H groups in total. The highest BCUT2D eigenvalue weighted by atomic mass is 35.5. The maximum Gasteiger partial charge on any atom is 0.280 e. The Kier molecular flexibility index (Phi) is 9.59. The number of halogens is 2. The minimum Gasteiger partial charge on any atom is -0.484 e. The maximum absolute atomic E-state index is 12.3. The van der Waals surface area contributed by atoms with Crippen molar-refractivity contribution in [2.24, 2.45) is 4.99 Å². The van der Waals surface area contributed by atoms with E-state index in [0.29, 0.717) is 12.3 Å². The molecule has 0 aliphatic carbocycles. The summed E-state index contributed by atoms with van der Waals surface area (Å²) in [4.78, 5) is 42.0. The second-order valence-corrected chi connectivity index (χ2v) is 7.73. The van der Waals surface area contributed by atoms with Gasteiger partial charge in [0.2, 0.25) is 11.9 Å². The number of aryl methyl sites for hydroxylation is 1. The van der Waals surface area contributed by atoms with Crippen molar-refractivity contribution in [3.05, 3.63) is 47.0 Å². The Labute approximate surface area is 215 Å². The molecule has 0 aliphatic rings. The topological polar surface area (TPSA) is 211 Å². The number of carbonyl (C=O) groups excluding carboxylic acids is 2. The van der Waals surface area contributed by atoms with Gasteiger partial charge in [-0.15, -0.1) is 0 Å². The number of rotatable bonds is 10. The number of amides is 2. The lowest BCUT2D eigenvalue weighted by atomic mass is 10.1. The van der Waals surface area contributed by atoms with Gasteiger partial charge in [-0.25, -0.2) is 15.1 Å². The lowest BCUT2D eigenvalue weighted by Crippen LogP contribution is -2.38. The number of nitrogen functional groups attached to an aromatic ring is 2. The second kappa shape index (κ2) is 13.1. The van der Waals surface area contributed by atoms with Crippen molar-refractivity contribution in [1.29, 1.82) is 0 Å². The molecule has 2 amide bonds. The van der Waals surface area contributed by atoms with Crippen molar-refractivity contribution in [1.82, 2.24) is 35.3 Å². The first-order valence-corrected chi connectivity index (χ1v) is 11.3. The van der Waals surface area contributed by atoms with Crippen LogP contribution in [0.3, 0.4) is 0 Å². The molecule has 0 bridgehead atoms. The first kappa shape index (κ1) is 26.4. The van der Waals surface area contributed by atoms with E-state index in [0.717, 1.165) is 24.8 Å². The molecule has 0 fully saturated rings. The van der Waals surface area contributed by atoms with E-state index < -0.39 is 5.91 Å². The Morgan fingerprint density at radius 2 is 1.89 bits per heavy atom. The fourth-order valence-corrected chi connectivity index (χ4v) is 3.07. The fraction of sp³-hybridized carbons (Fsp3) is 0.250. The van der Waals surface area contributed by atoms with Gasteiger partial charge in [-0.2, -0.15) is 10.1 Å². The molecule has 1 aromatic carbocycles. The number of hydrogen-bond acceptors (Lipinski definition) is 10. The number of benzene rings is 1. The van der Waals surface area contributed by atoms with Gasteiger partial charge in [-0.3, -0.25) is 30.1 Å². The summed E-state index contributed by atoms with van der Waals surface area (Å²) in [6, 6.07) is 7.42. The Morgan fingerprint density at radius 3 is 2.58 bits per heavy atom. The van der Waals surface area contributed by atoms with Gasteiger partial charge in [0.1, 0.15) is 12.1 Å². The number of nitrogens with two attached hydrogens (primary N) is 2. The molecular weight excluding hydrogens is 513 g/mol. The van der Waals surface area contributed by atoms with Crippen LogP contribution in [0.1, 0.15) is 28.9 Å². The average Bonchev–Trinajstić information content (AvgIpc) is 3.37. The van der Waals surface area contributed by atoms with Crippen LogP contribution in [-0.4, -0.2) is 56.1 Å². The van der Waals surface area contributed by atoms with Gasteiger partial charge in [-0.05, 0) is 37.0 Å². The zero-order chi connectivity index (χ0) is 25.9. The number of unbranched alkanes of at least 4 members (excludes halogenated alkanes) is 1. The summed E-state index contributed by atoms with van der Waals surface area (Å²) >= 11 is 11.4. The number of aromatic nitrogens is 5. The van der Waals surface area contributed by atoms with E-state index in [9.17, 15) is 9.59 Å². The predicted molar refractivity (Wildman–Crippen MR) is 135 cm³/mol. The van der Waals surface area contributed by atoms with Crippen LogP contribution in [0.5, 0.6) is 5.75 Å². The molecule has 190 valence electrons. The molecular formula is C20H23Cl2N11O3. The number of anilines is 3. The van der Waals surface area contributed by atoms with Crippen LogP contribution in [0, 0.1) is 0 Å². The molecule has 0 unspecified atom stereocenters. The molecule has 14 nitrogen and oxygen atoms in total. The van der Waals surface area contributed by atoms with Crippen LogP contribution < -0.4 is 31.7 Å². The first-order valence-electron chi connectivity index (χ1n) is 10.5. The third kappa shape index (κ3) is 7.95. The van der Waals surface area contributed by atoms with Crippen LogP contribution in [0.25, 0.3) is 0 Å². The normalized spacial score (nSPS) is 11.1. The van der Waals surface area contributed by atoms with Gasteiger partial charge in [-0.1, -0.05) is 23.7 Å². The van der Waals surface area contributed by atoms with E-state index >= 15 is 0 Å². The van der Waals surface area contributed by atoms with E-state index in [1.165, 1.54) is 6.33 Å². The lowest BCUT2D eigenvalue weighted by Gasteiger charge is -2.09. The van der Waals surface area contributed by atoms with Gasteiger partial charge < -0.3 is 16.2 Å². The van der Waals surface area contributed by atoms with E-state index in [1.54, 1.807) is 12.1 Å². The van der Waals surface area contributed by atoms with E-state index in [-0.39, 0.29) is 46.9 Å². The minimum absolute atomic E-state index is 0.0321. The molecule has 0 saturated heterocycles. The zero-order valence-corrected chi connectivity index (χ0v) is 20.3. The van der Waals surface area contributed by atoms with Gasteiger partial charge in [0.25, 0.3) is 11.8 Å². The number of carbonyl (C=O) groups is 2. The number of nitrogens with zero attached hydrogens (tertiary/aromatic N) is 5. The monoisotopic (exact) mass is 535 g/mol. The highest BCUT2D eigenvalue weighted by Crippen LogP contribution is 2.17. The number of guanidine groups is 1. The molecule has 2 heterocycles. The van der Waals surface area contributed by atoms with Crippen LogP contribution in [0.4, 0.5) is 17.6 Å². The van der Waals surface area contributed by atoms with Gasteiger partial charge in [0, 0.05) is 18.3 Å². The van der Waals surface area contributed by atoms with Crippen LogP contribution in [0.2, 0.25) is 5.15 Å². The Hall–Kier alpha value is -4.17. The van der Waals surface area contributed by atoms with Crippen molar-refractivity contribution in [3.8, 4) is 5.75 Å². The van der Waals surface area contributed by atoms with Gasteiger partial charge >= 0.3 is 0 Å². The summed E-state index contributed by atoms with van der Waals surface area (Å²) in [5.74, 6) is -0.441. The average molecular weight is 536 g/mol. The van der Waals surface area contributed by atoms with Gasteiger partial charge in [0.05, 0.1) is 0 Å². The molecule has 0 aliphatic heterocycles. The number of H-pyrrole nitrogens is 1. The van der Waals surface area contributed by atoms with E-state index in [2.05, 4.69) is 45.6 Å². The van der Waals surface area contributed by atoms with Crippen LogP contribution >= 0.6 is 23.4 Å². The maximum atomic E-state index is 12.3. The Balaban J connectivity index is 1.38. The highest BCUT2D eigenvalue weighted by molar-refractivity contribution is 6.32. The molecule has 0 saturated carbocycles. The molecule has 2 aromatic heterocycles. The number of hydrogen-bond donors (Lipinski definition) is 6. The molecule has 0 atom stereocenters. The molecule has 3 aromatic rings. The Morgan fingerprint density at radius 1 is 1.11 bits per heavy atom. The van der Waals surface area contributed by atoms with E-state index in [1.807, 2.05) is 12.1 Å². The third-order valence-corrected chi connectivity index (χ3v) is 5.01. The third-order valence-electron chi connectivity index (χ3n) is 4.55. The standard InChI is InChI=1S/C20H23Cl2N11O3/c21-15-17(24)30-16(23)14(29-15)18(35)31-19(32-22)25-8-2-1-3-11-4-6-12(7-5-11)36-9-13(34)28-20-26-10-27-33-20/h4-7,10H,1-3,8-9H2,(H4,23,24,30)(H2,25,31,32,35)(H2,26,27,28,33,34). The summed E-state index contributed by atoms with van der Waals surface area (Å²) in [6.07, 6.45) is 3.65. The number of ether oxygens (including phenoxy) is 1. The molecule has 36 heavy (non-hydrogen) atoms. The lowest BCUT2D eigenvalue weighted by molar-refractivity contribution is -0.118. The first-order chi connectivity index (χ1) is 17.4. The van der Waals surface area contributed by atoms with Crippen molar-refractivity contribution >= 4 is 58.7 Å². The molecule has 3 rings (SSSR count). The molecule has 16 heteroatoms. The largest absolute Gasteiger partial charge is 0.484 e. The number of aliphatic imine (C=N–C) groups is 1. The highest BCUT2D eigenvalue weighted by Gasteiger charge is 2.17. The summed E-state index contributed by atoms with van der Waals surface area (Å²) in [7, 11) is 0. The van der Waals surface area contributed by atoms with Crippen molar-refractivity contribution in [3.63, 3.8) is 0 Å². The number of aromatic amines is 1. The number of nitrogens with one attached hydrogen (secondary N) is 4. The van der Waals surface area contributed by atoms with E-state index in [4.69, 9.17) is 39.6 Å². The molecule has 0 radical (unpaired) electrons. The summed E-state index contributed by atoms with van der Waals surface area (Å²) in [6.45, 7) is 0.247.